The van der Waals surface area contributed by atoms with Crippen molar-refractivity contribution in [3.63, 3.8) is 0 Å². The normalized spacial score (nSPS) is 10.3. The lowest BCUT2D eigenvalue weighted by Gasteiger charge is -2.11. The number of methoxy groups -OCH3 is 1. The van der Waals surface area contributed by atoms with E-state index in [0.29, 0.717) is 22.0 Å². The highest BCUT2D eigenvalue weighted by Crippen LogP contribution is 2.25. The number of aromatic carboxylic acids is 2. The van der Waals surface area contributed by atoms with E-state index in [0.717, 1.165) is 18.2 Å². The molecule has 0 heterocycles. The number of rotatable bonds is 9. The van der Waals surface area contributed by atoms with E-state index in [9.17, 15) is 24.3 Å². The third kappa shape index (κ3) is 6.14. The third-order valence-electron chi connectivity index (χ3n) is 4.58. The van der Waals surface area contributed by atoms with Gasteiger partial charge in [0.2, 0.25) is 5.91 Å². The average molecular weight is 480 g/mol. The van der Waals surface area contributed by atoms with Crippen LogP contribution in [0.25, 0.3) is 0 Å². The van der Waals surface area contributed by atoms with Crippen LogP contribution in [-0.2, 0) is 4.79 Å². The number of thioether (sulfide) groups is 1. The number of carbonyl (C=O) groups is 4. The summed E-state index contributed by atoms with van der Waals surface area (Å²) in [5.74, 6) is -3.01. The molecule has 3 aromatic carbocycles. The summed E-state index contributed by atoms with van der Waals surface area (Å²) in [7, 11) is 1.51. The van der Waals surface area contributed by atoms with Gasteiger partial charge in [0.15, 0.2) is 0 Å². The van der Waals surface area contributed by atoms with Gasteiger partial charge in [-0.3, -0.25) is 9.59 Å². The van der Waals surface area contributed by atoms with Gasteiger partial charge in [-0.15, -0.1) is 11.8 Å². The Bertz CT molecular complexity index is 1260. The molecular formula is C24H20N2O7S. The summed E-state index contributed by atoms with van der Waals surface area (Å²) in [5, 5.41) is 23.8. The number of para-hydroxylation sites is 2. The Balaban J connectivity index is 1.67. The summed E-state index contributed by atoms with van der Waals surface area (Å²) >= 11 is 1.25. The van der Waals surface area contributed by atoms with Crippen molar-refractivity contribution in [3.05, 3.63) is 83.4 Å². The zero-order chi connectivity index (χ0) is 24.7. The molecule has 2 amide bonds. The fourth-order valence-corrected chi connectivity index (χ4v) is 3.75. The van der Waals surface area contributed by atoms with Gasteiger partial charge in [-0.2, -0.15) is 0 Å². The van der Waals surface area contributed by atoms with Gasteiger partial charge in [-0.1, -0.05) is 18.2 Å². The van der Waals surface area contributed by atoms with Gasteiger partial charge in [0, 0.05) is 10.6 Å². The molecule has 34 heavy (non-hydrogen) atoms. The number of carbonyl (C=O) groups excluding carboxylic acids is 2. The van der Waals surface area contributed by atoms with E-state index < -0.39 is 23.4 Å². The molecule has 0 atom stereocenters. The van der Waals surface area contributed by atoms with Crippen LogP contribution >= 0.6 is 11.8 Å². The molecule has 0 radical (unpaired) electrons. The van der Waals surface area contributed by atoms with Crippen LogP contribution in [0.2, 0.25) is 0 Å². The first-order valence-electron chi connectivity index (χ1n) is 9.86. The number of carboxylic acids is 2. The van der Waals surface area contributed by atoms with Gasteiger partial charge in [0.05, 0.1) is 35.2 Å². The molecule has 3 aromatic rings. The SMILES string of the molecule is COc1ccccc1NC(=O)CSc1cccc(NC(=O)c2ccc(C(=O)O)cc2C(=O)O)c1. The van der Waals surface area contributed by atoms with E-state index in [1.807, 2.05) is 0 Å². The number of anilines is 2. The summed E-state index contributed by atoms with van der Waals surface area (Å²) in [5.41, 5.74) is 0.111. The molecule has 0 unspecified atom stereocenters. The largest absolute Gasteiger partial charge is 0.495 e. The Kier molecular flexibility index (Phi) is 7.88. The van der Waals surface area contributed by atoms with Gasteiger partial charge < -0.3 is 25.6 Å². The Morgan fingerprint density at radius 1 is 0.853 bits per heavy atom. The molecule has 0 aliphatic heterocycles. The number of hydrogen-bond donors (Lipinski definition) is 4. The van der Waals surface area contributed by atoms with E-state index in [2.05, 4.69) is 10.6 Å². The highest BCUT2D eigenvalue weighted by Gasteiger charge is 2.19. The molecule has 0 aliphatic carbocycles. The number of ether oxygens (including phenoxy) is 1. The maximum absolute atomic E-state index is 12.7. The standard InChI is InChI=1S/C24H20N2O7S/c1-33-20-8-3-2-7-19(20)26-21(27)13-34-16-6-4-5-15(12-16)25-22(28)17-10-9-14(23(29)30)11-18(17)24(31)32/h2-12H,13H2,1H3,(H,25,28)(H,26,27)(H,29,30)(H,31,32). The fourth-order valence-electron chi connectivity index (χ4n) is 3.00. The summed E-state index contributed by atoms with van der Waals surface area (Å²) in [6, 6.07) is 17.0. The minimum Gasteiger partial charge on any atom is -0.495 e. The molecule has 0 aromatic heterocycles. The highest BCUT2D eigenvalue weighted by atomic mass is 32.2. The summed E-state index contributed by atoms with van der Waals surface area (Å²) in [6.07, 6.45) is 0. The molecule has 174 valence electrons. The van der Waals surface area contributed by atoms with Crippen LogP contribution in [0.15, 0.2) is 71.6 Å². The number of amides is 2. The lowest BCUT2D eigenvalue weighted by molar-refractivity contribution is -0.113. The minimum atomic E-state index is -1.42. The zero-order valence-corrected chi connectivity index (χ0v) is 18.7. The lowest BCUT2D eigenvalue weighted by atomic mass is 10.0. The Hall–Kier alpha value is -4.31. The van der Waals surface area contributed by atoms with E-state index in [1.165, 1.54) is 18.9 Å². The first-order chi connectivity index (χ1) is 16.3. The molecule has 0 saturated carbocycles. The molecular weight excluding hydrogens is 460 g/mol. The van der Waals surface area contributed by atoms with Crippen LogP contribution < -0.4 is 15.4 Å². The second-order valence-corrected chi connectivity index (χ2v) is 7.94. The smallest absolute Gasteiger partial charge is 0.336 e. The molecule has 0 aliphatic rings. The Morgan fingerprint density at radius 3 is 2.32 bits per heavy atom. The molecule has 0 bridgehead atoms. The lowest BCUT2D eigenvalue weighted by Crippen LogP contribution is -2.17. The van der Waals surface area contributed by atoms with Crippen molar-refractivity contribution in [2.75, 3.05) is 23.5 Å². The molecule has 3 rings (SSSR count). The monoisotopic (exact) mass is 480 g/mol. The predicted octanol–water partition coefficient (Wildman–Crippen LogP) is 4.07. The van der Waals surface area contributed by atoms with Gasteiger partial charge in [0.25, 0.3) is 5.91 Å². The third-order valence-corrected chi connectivity index (χ3v) is 5.58. The molecule has 0 spiro atoms. The number of benzene rings is 3. The summed E-state index contributed by atoms with van der Waals surface area (Å²) in [4.78, 5) is 48.3. The van der Waals surface area contributed by atoms with Crippen molar-refractivity contribution < 1.29 is 34.1 Å². The van der Waals surface area contributed by atoms with Crippen LogP contribution in [0.4, 0.5) is 11.4 Å². The average Bonchev–Trinajstić information content (AvgIpc) is 2.82. The number of carboxylic acid groups (broad SMARTS) is 2. The van der Waals surface area contributed by atoms with Crippen molar-refractivity contribution in [1.29, 1.82) is 0 Å². The van der Waals surface area contributed by atoms with Crippen LogP contribution in [0, 0.1) is 0 Å². The first-order valence-corrected chi connectivity index (χ1v) is 10.8. The summed E-state index contributed by atoms with van der Waals surface area (Å²) < 4.78 is 5.21. The molecule has 0 saturated heterocycles. The van der Waals surface area contributed by atoms with E-state index in [1.54, 1.807) is 48.5 Å². The van der Waals surface area contributed by atoms with Crippen molar-refractivity contribution in [2.24, 2.45) is 0 Å². The second kappa shape index (κ2) is 11.0. The molecule has 10 heteroatoms. The maximum Gasteiger partial charge on any atom is 0.336 e. The Labute approximate surface area is 198 Å². The second-order valence-electron chi connectivity index (χ2n) is 6.89. The van der Waals surface area contributed by atoms with E-state index in [-0.39, 0.29) is 22.8 Å². The van der Waals surface area contributed by atoms with E-state index >= 15 is 0 Å². The van der Waals surface area contributed by atoms with Gasteiger partial charge in [-0.25, -0.2) is 9.59 Å². The maximum atomic E-state index is 12.7. The number of hydrogen-bond acceptors (Lipinski definition) is 6. The van der Waals surface area contributed by atoms with Crippen molar-refractivity contribution >= 4 is 46.9 Å². The van der Waals surface area contributed by atoms with Crippen LogP contribution in [0.1, 0.15) is 31.1 Å². The molecule has 0 fully saturated rings. The van der Waals surface area contributed by atoms with Gasteiger partial charge in [0.1, 0.15) is 5.75 Å². The van der Waals surface area contributed by atoms with Crippen LogP contribution in [-0.4, -0.2) is 46.8 Å². The zero-order valence-electron chi connectivity index (χ0n) is 17.9. The van der Waals surface area contributed by atoms with E-state index in [4.69, 9.17) is 9.84 Å². The van der Waals surface area contributed by atoms with Crippen LogP contribution in [0.3, 0.4) is 0 Å². The van der Waals surface area contributed by atoms with Crippen molar-refractivity contribution in [1.82, 2.24) is 0 Å². The Morgan fingerprint density at radius 2 is 1.62 bits per heavy atom. The topological polar surface area (TPSA) is 142 Å². The van der Waals surface area contributed by atoms with Crippen LogP contribution in [0.5, 0.6) is 5.75 Å². The quantitative estimate of drug-likeness (QED) is 0.336. The molecule has 4 N–H and O–H groups in total. The molecule has 9 nitrogen and oxygen atoms in total. The first kappa shape index (κ1) is 24.3. The van der Waals surface area contributed by atoms with Crippen molar-refractivity contribution in [2.45, 2.75) is 4.90 Å². The predicted molar refractivity (Wildman–Crippen MR) is 127 cm³/mol. The van der Waals surface area contributed by atoms with Gasteiger partial charge >= 0.3 is 11.9 Å². The summed E-state index contributed by atoms with van der Waals surface area (Å²) in [6.45, 7) is 0. The number of nitrogens with one attached hydrogen (secondary N) is 2. The van der Waals surface area contributed by atoms with Gasteiger partial charge in [-0.05, 0) is 48.5 Å². The fraction of sp³-hybridized carbons (Fsp3) is 0.0833. The van der Waals surface area contributed by atoms with Crippen molar-refractivity contribution in [3.8, 4) is 5.75 Å². The minimum absolute atomic E-state index is 0.106. The highest BCUT2D eigenvalue weighted by molar-refractivity contribution is 8.00.